The number of benzene rings is 3. The van der Waals surface area contributed by atoms with Crippen LogP contribution in [0.5, 0.6) is 0 Å². The summed E-state index contributed by atoms with van der Waals surface area (Å²) >= 11 is 0. The molecule has 3 aromatic rings. The van der Waals surface area contributed by atoms with Crippen LogP contribution in [0.4, 0.5) is 21.9 Å². The number of carbonyl (C=O) groups excluding carboxylic acids is 3. The molecule has 0 saturated heterocycles. The van der Waals surface area contributed by atoms with Gasteiger partial charge < -0.3 is 30.3 Å². The van der Waals surface area contributed by atoms with Gasteiger partial charge in [0.15, 0.2) is 0 Å². The number of methoxy groups -OCH3 is 1. The highest BCUT2D eigenvalue weighted by Gasteiger charge is 2.22. The topological polar surface area (TPSA) is 109 Å². The highest BCUT2D eigenvalue weighted by atomic mass is 16.5. The zero-order chi connectivity index (χ0) is 27.6. The third kappa shape index (κ3) is 7.36. The van der Waals surface area contributed by atoms with E-state index < -0.39 is 12.0 Å². The number of nitrogens with one attached hydrogen (secondary N) is 3. The van der Waals surface area contributed by atoms with Gasteiger partial charge in [-0.05, 0) is 73.4 Å². The van der Waals surface area contributed by atoms with Gasteiger partial charge in [0.2, 0.25) is 0 Å². The van der Waals surface area contributed by atoms with Crippen molar-refractivity contribution in [3.05, 3.63) is 89.0 Å². The van der Waals surface area contributed by atoms with Crippen molar-refractivity contribution in [2.24, 2.45) is 0 Å². The minimum absolute atomic E-state index is 0.210. The first-order valence-corrected chi connectivity index (χ1v) is 13.1. The molecule has 0 aromatic heterocycles. The van der Waals surface area contributed by atoms with E-state index in [1.54, 1.807) is 50.4 Å². The molecule has 9 nitrogen and oxygen atoms in total. The molecule has 204 valence electrons. The quantitative estimate of drug-likeness (QED) is 0.256. The first kappa shape index (κ1) is 27.7. The lowest BCUT2D eigenvalue weighted by Gasteiger charge is -2.32. The number of nitrogens with zero attached hydrogens (tertiary/aromatic N) is 1. The Bertz CT molecular complexity index is 1310. The van der Waals surface area contributed by atoms with Gasteiger partial charge in [-0.2, -0.15) is 0 Å². The average molecular weight is 531 g/mol. The first-order valence-electron chi connectivity index (χ1n) is 13.1. The van der Waals surface area contributed by atoms with Gasteiger partial charge in [0.05, 0.1) is 17.7 Å². The summed E-state index contributed by atoms with van der Waals surface area (Å²) < 4.78 is 10.1. The SMILES string of the molecule is CCOC(=O)c1ccc(NC(=O)Nc2ccc(N3CCc4ccccc4C3)c(C(=O)NCCCOC)c2)cc1. The van der Waals surface area contributed by atoms with Crippen molar-refractivity contribution in [2.45, 2.75) is 26.3 Å². The van der Waals surface area contributed by atoms with E-state index >= 15 is 0 Å². The van der Waals surface area contributed by atoms with E-state index in [1.807, 2.05) is 18.2 Å². The van der Waals surface area contributed by atoms with E-state index in [9.17, 15) is 14.4 Å². The second-order valence-corrected chi connectivity index (χ2v) is 9.15. The molecule has 3 amide bonds. The predicted octanol–water partition coefficient (Wildman–Crippen LogP) is 4.84. The molecule has 1 aliphatic heterocycles. The molecular weight excluding hydrogens is 496 g/mol. The monoisotopic (exact) mass is 530 g/mol. The molecule has 0 saturated carbocycles. The zero-order valence-corrected chi connectivity index (χ0v) is 22.3. The molecule has 39 heavy (non-hydrogen) atoms. The van der Waals surface area contributed by atoms with Gasteiger partial charge in [-0.3, -0.25) is 4.79 Å². The smallest absolute Gasteiger partial charge is 0.338 e. The van der Waals surface area contributed by atoms with E-state index in [-0.39, 0.29) is 12.5 Å². The molecule has 0 fully saturated rings. The summed E-state index contributed by atoms with van der Waals surface area (Å²) in [6.45, 7) is 4.56. The Hall–Kier alpha value is -4.37. The lowest BCUT2D eigenvalue weighted by molar-refractivity contribution is 0.0526. The molecule has 1 aliphatic rings. The summed E-state index contributed by atoms with van der Waals surface area (Å²) in [5.41, 5.74) is 5.27. The van der Waals surface area contributed by atoms with Crippen LogP contribution in [0.25, 0.3) is 0 Å². The van der Waals surface area contributed by atoms with Gasteiger partial charge in [-0.25, -0.2) is 9.59 Å². The number of esters is 1. The number of hydrogen-bond acceptors (Lipinski definition) is 6. The van der Waals surface area contributed by atoms with E-state index in [4.69, 9.17) is 9.47 Å². The number of urea groups is 1. The van der Waals surface area contributed by atoms with Crippen LogP contribution in [-0.4, -0.2) is 51.3 Å². The summed E-state index contributed by atoms with van der Waals surface area (Å²) in [7, 11) is 1.63. The van der Waals surface area contributed by atoms with E-state index in [0.717, 1.165) is 18.7 Å². The molecule has 0 aliphatic carbocycles. The number of ether oxygens (including phenoxy) is 2. The molecule has 3 aromatic carbocycles. The Morgan fingerprint density at radius 2 is 1.64 bits per heavy atom. The van der Waals surface area contributed by atoms with E-state index in [1.165, 1.54) is 11.1 Å². The average Bonchev–Trinajstić information content (AvgIpc) is 2.95. The largest absolute Gasteiger partial charge is 0.462 e. The second-order valence-electron chi connectivity index (χ2n) is 9.15. The number of hydrogen-bond donors (Lipinski definition) is 3. The van der Waals surface area contributed by atoms with E-state index in [0.29, 0.717) is 48.6 Å². The number of anilines is 3. The van der Waals surface area contributed by atoms with Crippen LogP contribution in [0.1, 0.15) is 45.2 Å². The van der Waals surface area contributed by atoms with Crippen molar-refractivity contribution in [1.29, 1.82) is 0 Å². The maximum absolute atomic E-state index is 13.2. The Morgan fingerprint density at radius 3 is 2.38 bits per heavy atom. The van der Waals surface area contributed by atoms with Crippen LogP contribution in [0, 0.1) is 0 Å². The number of carbonyl (C=O) groups is 3. The Balaban J connectivity index is 1.49. The number of amides is 3. The highest BCUT2D eigenvalue weighted by Crippen LogP contribution is 2.29. The minimum Gasteiger partial charge on any atom is -0.462 e. The minimum atomic E-state index is -0.468. The van der Waals surface area contributed by atoms with Gasteiger partial charge in [0.1, 0.15) is 0 Å². The van der Waals surface area contributed by atoms with Gasteiger partial charge in [-0.15, -0.1) is 0 Å². The van der Waals surface area contributed by atoms with Gasteiger partial charge in [0.25, 0.3) is 5.91 Å². The Labute approximate surface area is 228 Å². The fraction of sp³-hybridized carbons (Fsp3) is 0.300. The lowest BCUT2D eigenvalue weighted by atomic mass is 9.98. The molecule has 0 spiro atoms. The summed E-state index contributed by atoms with van der Waals surface area (Å²) in [6, 6.07) is 19.7. The van der Waals surface area contributed by atoms with Crippen LogP contribution in [0.15, 0.2) is 66.7 Å². The third-order valence-electron chi connectivity index (χ3n) is 6.44. The maximum Gasteiger partial charge on any atom is 0.338 e. The van der Waals surface area contributed by atoms with Gasteiger partial charge in [0, 0.05) is 50.4 Å². The maximum atomic E-state index is 13.2. The van der Waals surface area contributed by atoms with Crippen LogP contribution in [0.3, 0.4) is 0 Å². The number of rotatable bonds is 10. The summed E-state index contributed by atoms with van der Waals surface area (Å²) in [4.78, 5) is 40.0. The summed E-state index contributed by atoms with van der Waals surface area (Å²) in [5, 5.41) is 8.52. The van der Waals surface area contributed by atoms with Crippen LogP contribution >= 0.6 is 0 Å². The summed E-state index contributed by atoms with van der Waals surface area (Å²) in [6.07, 6.45) is 1.59. The Kier molecular flexibility index (Phi) is 9.53. The molecule has 9 heteroatoms. The fourth-order valence-electron chi connectivity index (χ4n) is 4.48. The molecule has 0 unspecified atom stereocenters. The van der Waals surface area contributed by atoms with Crippen LogP contribution in [0.2, 0.25) is 0 Å². The van der Waals surface area contributed by atoms with Crippen molar-refractivity contribution in [3.8, 4) is 0 Å². The van der Waals surface area contributed by atoms with E-state index in [2.05, 4.69) is 33.0 Å². The van der Waals surface area contributed by atoms with Crippen LogP contribution in [-0.2, 0) is 22.4 Å². The Morgan fingerprint density at radius 1 is 0.923 bits per heavy atom. The molecule has 4 rings (SSSR count). The van der Waals surface area contributed by atoms with Gasteiger partial charge in [-0.1, -0.05) is 24.3 Å². The molecule has 1 heterocycles. The molecule has 0 bridgehead atoms. The molecule has 0 radical (unpaired) electrons. The van der Waals surface area contributed by atoms with Crippen LogP contribution < -0.4 is 20.9 Å². The zero-order valence-electron chi connectivity index (χ0n) is 22.3. The standard InChI is InChI=1S/C30H34N4O5/c1-3-39-29(36)22-9-11-24(12-10-22)32-30(37)33-25-13-14-27(26(19-25)28(35)31-16-6-18-38-2)34-17-15-21-7-4-5-8-23(21)20-34/h4-5,7-14,19H,3,6,15-18,20H2,1-2H3,(H,31,35)(H2,32,33,37). The van der Waals surface area contributed by atoms with Crippen molar-refractivity contribution in [2.75, 3.05) is 48.9 Å². The normalized spacial score (nSPS) is 12.3. The van der Waals surface area contributed by atoms with Crippen molar-refractivity contribution < 1.29 is 23.9 Å². The second kappa shape index (κ2) is 13.4. The molecule has 0 atom stereocenters. The highest BCUT2D eigenvalue weighted by molar-refractivity contribution is 6.04. The molecular formula is C30H34N4O5. The van der Waals surface area contributed by atoms with Crippen molar-refractivity contribution in [3.63, 3.8) is 0 Å². The van der Waals surface area contributed by atoms with Crippen molar-refractivity contribution >= 4 is 35.0 Å². The predicted molar refractivity (Wildman–Crippen MR) is 152 cm³/mol. The van der Waals surface area contributed by atoms with Crippen molar-refractivity contribution in [1.82, 2.24) is 5.32 Å². The third-order valence-corrected chi connectivity index (χ3v) is 6.44. The number of fused-ring (bicyclic) bond motifs is 1. The lowest BCUT2D eigenvalue weighted by Crippen LogP contribution is -2.33. The first-order chi connectivity index (χ1) is 19.0. The van der Waals surface area contributed by atoms with Gasteiger partial charge >= 0.3 is 12.0 Å². The fourth-order valence-corrected chi connectivity index (χ4v) is 4.48. The molecule has 3 N–H and O–H groups in total. The summed E-state index contributed by atoms with van der Waals surface area (Å²) in [5.74, 6) is -0.627.